The van der Waals surface area contributed by atoms with Gasteiger partial charge in [-0.25, -0.2) is 4.39 Å². The molecule has 1 saturated heterocycles. The van der Waals surface area contributed by atoms with E-state index >= 15 is 0 Å². The molecule has 0 spiro atoms. The highest BCUT2D eigenvalue weighted by Crippen LogP contribution is 2.16. The Bertz CT molecular complexity index is 470. The van der Waals surface area contributed by atoms with Gasteiger partial charge in [-0.3, -0.25) is 4.79 Å². The highest BCUT2D eigenvalue weighted by molar-refractivity contribution is 5.96. The SMILES string of the molecule is CCN1CCC(N(C)CCC(=O)c2ccccc2F)CC1. The molecular formula is C17H25FN2O. The Morgan fingerprint density at radius 2 is 2.00 bits per heavy atom. The lowest BCUT2D eigenvalue weighted by molar-refractivity contribution is 0.0928. The number of rotatable bonds is 6. The van der Waals surface area contributed by atoms with E-state index in [0.717, 1.165) is 32.5 Å². The van der Waals surface area contributed by atoms with Gasteiger partial charge < -0.3 is 9.80 Å². The van der Waals surface area contributed by atoms with E-state index in [2.05, 4.69) is 23.8 Å². The highest BCUT2D eigenvalue weighted by atomic mass is 19.1. The maximum Gasteiger partial charge on any atom is 0.167 e. The maximum atomic E-state index is 13.6. The predicted molar refractivity (Wildman–Crippen MR) is 83.1 cm³/mol. The smallest absolute Gasteiger partial charge is 0.167 e. The second kappa shape index (κ2) is 7.66. The molecule has 0 bridgehead atoms. The summed E-state index contributed by atoms with van der Waals surface area (Å²) < 4.78 is 13.6. The van der Waals surface area contributed by atoms with E-state index < -0.39 is 5.82 Å². The summed E-state index contributed by atoms with van der Waals surface area (Å²) in [7, 11) is 2.07. The molecule has 1 fully saturated rings. The van der Waals surface area contributed by atoms with Crippen molar-refractivity contribution in [2.45, 2.75) is 32.2 Å². The quantitative estimate of drug-likeness (QED) is 0.753. The number of nitrogens with zero attached hydrogens (tertiary/aromatic N) is 2. The first kappa shape index (κ1) is 16.1. The third-order valence-electron chi connectivity index (χ3n) is 4.49. The van der Waals surface area contributed by atoms with Crippen molar-refractivity contribution in [2.75, 3.05) is 33.2 Å². The zero-order valence-corrected chi connectivity index (χ0v) is 13.0. The number of carbonyl (C=O) groups is 1. The van der Waals surface area contributed by atoms with Gasteiger partial charge in [-0.2, -0.15) is 0 Å². The van der Waals surface area contributed by atoms with Gasteiger partial charge in [-0.05, 0) is 51.7 Å². The van der Waals surface area contributed by atoms with Gasteiger partial charge in [-0.1, -0.05) is 19.1 Å². The average molecular weight is 292 g/mol. The Kier molecular flexibility index (Phi) is 5.88. The van der Waals surface area contributed by atoms with E-state index in [0.29, 0.717) is 19.0 Å². The van der Waals surface area contributed by atoms with Gasteiger partial charge in [0, 0.05) is 19.0 Å². The van der Waals surface area contributed by atoms with Gasteiger partial charge in [0.25, 0.3) is 0 Å². The summed E-state index contributed by atoms with van der Waals surface area (Å²) in [4.78, 5) is 16.8. The molecule has 1 aromatic carbocycles. The number of hydrogen-bond acceptors (Lipinski definition) is 3. The molecule has 2 rings (SSSR count). The number of piperidine rings is 1. The number of ketones is 1. The van der Waals surface area contributed by atoms with Crippen LogP contribution in [0.4, 0.5) is 4.39 Å². The number of halogens is 1. The molecule has 3 nitrogen and oxygen atoms in total. The molecule has 1 heterocycles. The van der Waals surface area contributed by atoms with Crippen molar-refractivity contribution in [3.63, 3.8) is 0 Å². The Balaban J connectivity index is 1.80. The van der Waals surface area contributed by atoms with Crippen LogP contribution in [0.3, 0.4) is 0 Å². The standard InChI is InChI=1S/C17H25FN2O/c1-3-20-12-8-14(9-13-20)19(2)11-10-17(21)15-6-4-5-7-16(15)18/h4-7,14H,3,8-13H2,1-2H3. The second-order valence-electron chi connectivity index (χ2n) is 5.80. The minimum atomic E-state index is -0.415. The summed E-state index contributed by atoms with van der Waals surface area (Å²) in [6.45, 7) is 6.27. The number of hydrogen-bond donors (Lipinski definition) is 0. The summed E-state index contributed by atoms with van der Waals surface area (Å²) in [5, 5.41) is 0. The topological polar surface area (TPSA) is 23.6 Å². The van der Waals surface area contributed by atoms with Crippen LogP contribution in [0.1, 0.15) is 36.5 Å². The van der Waals surface area contributed by atoms with Crippen molar-refractivity contribution in [1.29, 1.82) is 0 Å². The first-order valence-electron chi connectivity index (χ1n) is 7.82. The molecule has 116 valence electrons. The van der Waals surface area contributed by atoms with Crippen LogP contribution in [-0.2, 0) is 0 Å². The first-order chi connectivity index (χ1) is 10.1. The lowest BCUT2D eigenvalue weighted by Crippen LogP contribution is -2.43. The fraction of sp³-hybridized carbons (Fsp3) is 0.588. The lowest BCUT2D eigenvalue weighted by Gasteiger charge is -2.36. The van der Waals surface area contributed by atoms with E-state index in [1.165, 1.54) is 6.07 Å². The number of benzene rings is 1. The van der Waals surface area contributed by atoms with Crippen molar-refractivity contribution in [3.05, 3.63) is 35.6 Å². The Morgan fingerprint density at radius 3 is 2.62 bits per heavy atom. The molecule has 1 aromatic rings. The number of likely N-dealkylation sites (tertiary alicyclic amines) is 1. The van der Waals surface area contributed by atoms with E-state index in [-0.39, 0.29) is 11.3 Å². The summed E-state index contributed by atoms with van der Waals surface area (Å²) in [5.74, 6) is -0.521. The molecule has 0 N–H and O–H groups in total. The van der Waals surface area contributed by atoms with Crippen molar-refractivity contribution in [3.8, 4) is 0 Å². The zero-order valence-electron chi connectivity index (χ0n) is 13.0. The molecular weight excluding hydrogens is 267 g/mol. The van der Waals surface area contributed by atoms with Crippen LogP contribution in [0.2, 0.25) is 0 Å². The summed E-state index contributed by atoms with van der Waals surface area (Å²) >= 11 is 0. The Morgan fingerprint density at radius 1 is 1.33 bits per heavy atom. The van der Waals surface area contributed by atoms with Gasteiger partial charge in [0.15, 0.2) is 5.78 Å². The van der Waals surface area contributed by atoms with Gasteiger partial charge >= 0.3 is 0 Å². The van der Waals surface area contributed by atoms with E-state index in [9.17, 15) is 9.18 Å². The zero-order chi connectivity index (χ0) is 15.2. The van der Waals surface area contributed by atoms with Crippen LogP contribution in [0.15, 0.2) is 24.3 Å². The predicted octanol–water partition coefficient (Wildman–Crippen LogP) is 2.81. The van der Waals surface area contributed by atoms with Crippen molar-refractivity contribution in [1.82, 2.24) is 9.80 Å². The summed E-state index contributed by atoms with van der Waals surface area (Å²) in [6.07, 6.45) is 2.68. The summed E-state index contributed by atoms with van der Waals surface area (Å²) in [6, 6.07) is 6.77. The van der Waals surface area contributed by atoms with Crippen LogP contribution >= 0.6 is 0 Å². The monoisotopic (exact) mass is 292 g/mol. The van der Waals surface area contributed by atoms with Crippen molar-refractivity contribution < 1.29 is 9.18 Å². The van der Waals surface area contributed by atoms with E-state index in [4.69, 9.17) is 0 Å². The van der Waals surface area contributed by atoms with Gasteiger partial charge in [0.2, 0.25) is 0 Å². The molecule has 0 radical (unpaired) electrons. The van der Waals surface area contributed by atoms with Crippen LogP contribution in [0.25, 0.3) is 0 Å². The van der Waals surface area contributed by atoms with Crippen LogP contribution < -0.4 is 0 Å². The first-order valence-corrected chi connectivity index (χ1v) is 7.82. The molecule has 0 unspecified atom stereocenters. The number of carbonyl (C=O) groups excluding carboxylic acids is 1. The van der Waals surface area contributed by atoms with Crippen LogP contribution in [0.5, 0.6) is 0 Å². The molecule has 0 saturated carbocycles. The Labute approximate surface area is 126 Å². The maximum absolute atomic E-state index is 13.6. The molecule has 0 amide bonds. The van der Waals surface area contributed by atoms with Crippen LogP contribution in [0, 0.1) is 5.82 Å². The molecule has 1 aliphatic rings. The third-order valence-corrected chi connectivity index (χ3v) is 4.49. The highest BCUT2D eigenvalue weighted by Gasteiger charge is 2.22. The molecule has 4 heteroatoms. The number of Topliss-reactive ketones (excluding diaryl/α,β-unsaturated/α-hetero) is 1. The Hall–Kier alpha value is -1.26. The largest absolute Gasteiger partial charge is 0.303 e. The van der Waals surface area contributed by atoms with Gasteiger partial charge in [-0.15, -0.1) is 0 Å². The van der Waals surface area contributed by atoms with E-state index in [1.807, 2.05) is 0 Å². The molecule has 21 heavy (non-hydrogen) atoms. The third kappa shape index (κ3) is 4.35. The fourth-order valence-corrected chi connectivity index (χ4v) is 2.96. The normalized spacial score (nSPS) is 17.3. The minimum absolute atomic E-state index is 0.106. The molecule has 0 aromatic heterocycles. The fourth-order valence-electron chi connectivity index (χ4n) is 2.96. The van der Waals surface area contributed by atoms with Crippen LogP contribution in [-0.4, -0.2) is 54.9 Å². The second-order valence-corrected chi connectivity index (χ2v) is 5.80. The lowest BCUT2D eigenvalue weighted by atomic mass is 10.0. The summed E-state index contributed by atoms with van der Waals surface area (Å²) in [5.41, 5.74) is 0.215. The van der Waals surface area contributed by atoms with Crippen molar-refractivity contribution in [2.24, 2.45) is 0 Å². The van der Waals surface area contributed by atoms with E-state index in [1.54, 1.807) is 18.2 Å². The molecule has 1 aliphatic heterocycles. The van der Waals surface area contributed by atoms with Gasteiger partial charge in [0.1, 0.15) is 5.82 Å². The van der Waals surface area contributed by atoms with Crippen molar-refractivity contribution >= 4 is 5.78 Å². The molecule has 0 atom stereocenters. The van der Waals surface area contributed by atoms with Gasteiger partial charge in [0.05, 0.1) is 5.56 Å². The minimum Gasteiger partial charge on any atom is -0.303 e. The average Bonchev–Trinajstić information content (AvgIpc) is 2.52. The molecule has 0 aliphatic carbocycles.